The van der Waals surface area contributed by atoms with Crippen LogP contribution in [0.5, 0.6) is 0 Å². The van der Waals surface area contributed by atoms with Crippen molar-refractivity contribution >= 4 is 11.7 Å². The summed E-state index contributed by atoms with van der Waals surface area (Å²) in [4.78, 5) is 20.4. The molecule has 6 rings (SSSR count). The standard InChI is InChI=1S/C22H20F4N6O/c23-16-10-14(22(24,25)26)11-27-20(16)30-17-9-13-5-6-19(17)31(12-13)21(33)15-3-1-2-4-18(15)32-28-7-8-29-32/h1-4,7-8,10-11,13,17,19H,5-6,9,12H2,(H,27,30). The highest BCUT2D eigenvalue weighted by Crippen LogP contribution is 2.38. The van der Waals surface area contributed by atoms with Gasteiger partial charge in [0.25, 0.3) is 5.91 Å². The normalized spacial score (nSPS) is 22.4. The number of hydrogen-bond donors (Lipinski definition) is 1. The number of nitrogens with zero attached hydrogens (tertiary/aromatic N) is 5. The van der Waals surface area contributed by atoms with Gasteiger partial charge in [0.15, 0.2) is 11.6 Å². The van der Waals surface area contributed by atoms with Crippen LogP contribution in [0.2, 0.25) is 0 Å². The molecule has 2 bridgehead atoms. The molecule has 0 spiro atoms. The van der Waals surface area contributed by atoms with Gasteiger partial charge in [-0.25, -0.2) is 9.37 Å². The molecule has 2 aliphatic heterocycles. The second-order valence-electron chi connectivity index (χ2n) is 8.34. The van der Waals surface area contributed by atoms with Gasteiger partial charge in [-0.2, -0.15) is 28.2 Å². The molecule has 1 saturated carbocycles. The molecule has 2 aromatic heterocycles. The van der Waals surface area contributed by atoms with Crippen molar-refractivity contribution < 1.29 is 22.4 Å². The number of halogens is 4. The molecule has 1 N–H and O–H groups in total. The largest absolute Gasteiger partial charge is 0.417 e. The van der Waals surface area contributed by atoms with Crippen LogP contribution >= 0.6 is 0 Å². The Kier molecular flexibility index (Phi) is 5.26. The van der Waals surface area contributed by atoms with Gasteiger partial charge in [-0.1, -0.05) is 12.1 Å². The van der Waals surface area contributed by atoms with Crippen LogP contribution in [-0.4, -0.2) is 49.4 Å². The second-order valence-corrected chi connectivity index (χ2v) is 8.34. The van der Waals surface area contributed by atoms with Gasteiger partial charge in [0, 0.05) is 18.8 Å². The maximum Gasteiger partial charge on any atom is 0.417 e. The molecule has 3 fully saturated rings. The number of aromatic nitrogens is 4. The molecular weight excluding hydrogens is 440 g/mol. The van der Waals surface area contributed by atoms with Crippen LogP contribution in [-0.2, 0) is 6.18 Å². The third kappa shape index (κ3) is 4.03. The number of carbonyl (C=O) groups excluding carboxylic acids is 1. The number of anilines is 1. The Morgan fingerprint density at radius 3 is 2.58 bits per heavy atom. The fourth-order valence-corrected chi connectivity index (χ4v) is 4.78. The van der Waals surface area contributed by atoms with Crippen LogP contribution in [0.1, 0.15) is 35.2 Å². The molecule has 33 heavy (non-hydrogen) atoms. The summed E-state index contributed by atoms with van der Waals surface area (Å²) >= 11 is 0. The van der Waals surface area contributed by atoms with Gasteiger partial charge in [0.05, 0.1) is 35.2 Å². The summed E-state index contributed by atoms with van der Waals surface area (Å²) in [6.07, 6.45) is 1.31. The number of para-hydroxylation sites is 1. The number of amides is 1. The molecule has 3 aromatic rings. The zero-order valence-electron chi connectivity index (χ0n) is 17.3. The number of carbonyl (C=O) groups is 1. The molecule has 3 aliphatic rings. The summed E-state index contributed by atoms with van der Waals surface area (Å²) in [6, 6.07) is 6.89. The summed E-state index contributed by atoms with van der Waals surface area (Å²) in [5, 5.41) is 11.2. The Labute approximate surface area is 186 Å². The first-order valence-electron chi connectivity index (χ1n) is 10.6. The first kappa shape index (κ1) is 21.4. The quantitative estimate of drug-likeness (QED) is 0.598. The minimum absolute atomic E-state index is 0.190. The average Bonchev–Trinajstić information content (AvgIpc) is 3.34. The summed E-state index contributed by atoms with van der Waals surface area (Å²) in [7, 11) is 0. The van der Waals surface area contributed by atoms with E-state index in [0.717, 1.165) is 6.42 Å². The first-order chi connectivity index (χ1) is 15.8. The highest BCUT2D eigenvalue weighted by atomic mass is 19.4. The predicted octanol–water partition coefficient (Wildman–Crippen LogP) is 3.93. The maximum absolute atomic E-state index is 14.4. The lowest BCUT2D eigenvalue weighted by Gasteiger charge is -2.50. The van der Waals surface area contributed by atoms with Gasteiger partial charge in [-0.15, -0.1) is 0 Å². The lowest BCUT2D eigenvalue weighted by molar-refractivity contribution is -0.138. The number of hydrogen-bond acceptors (Lipinski definition) is 5. The Balaban J connectivity index is 1.40. The van der Waals surface area contributed by atoms with Gasteiger partial charge >= 0.3 is 6.18 Å². The SMILES string of the molecule is O=C(c1ccccc1-n1nccn1)N1CC2CCC1C(Nc1ncc(C(F)(F)F)cc1F)C2. The van der Waals surface area contributed by atoms with Gasteiger partial charge in [0.1, 0.15) is 0 Å². The topological polar surface area (TPSA) is 75.9 Å². The molecule has 172 valence electrons. The lowest BCUT2D eigenvalue weighted by atomic mass is 9.76. The van der Waals surface area contributed by atoms with Gasteiger partial charge < -0.3 is 10.2 Å². The lowest BCUT2D eigenvalue weighted by Crippen LogP contribution is -2.60. The monoisotopic (exact) mass is 460 g/mol. The molecule has 0 radical (unpaired) electrons. The smallest absolute Gasteiger partial charge is 0.363 e. The fraction of sp³-hybridized carbons (Fsp3) is 0.364. The maximum atomic E-state index is 14.4. The van der Waals surface area contributed by atoms with Crippen molar-refractivity contribution in [1.82, 2.24) is 24.9 Å². The Bertz CT molecular complexity index is 1170. The zero-order chi connectivity index (χ0) is 23.2. The van der Waals surface area contributed by atoms with Crippen molar-refractivity contribution in [3.63, 3.8) is 0 Å². The molecule has 3 unspecified atom stereocenters. The van der Waals surface area contributed by atoms with E-state index in [0.29, 0.717) is 42.9 Å². The van der Waals surface area contributed by atoms with E-state index in [4.69, 9.17) is 0 Å². The summed E-state index contributed by atoms with van der Waals surface area (Å²) in [5.41, 5.74) is -0.149. The summed E-state index contributed by atoms with van der Waals surface area (Å²) < 4.78 is 52.9. The fourth-order valence-electron chi connectivity index (χ4n) is 4.78. The van der Waals surface area contributed by atoms with Crippen molar-refractivity contribution in [1.29, 1.82) is 0 Å². The number of benzene rings is 1. The molecule has 2 saturated heterocycles. The van der Waals surface area contributed by atoms with E-state index >= 15 is 0 Å². The van der Waals surface area contributed by atoms with E-state index in [1.54, 1.807) is 29.2 Å². The van der Waals surface area contributed by atoms with Crippen LogP contribution < -0.4 is 5.32 Å². The van der Waals surface area contributed by atoms with Crippen molar-refractivity contribution in [3.8, 4) is 5.69 Å². The van der Waals surface area contributed by atoms with E-state index in [1.165, 1.54) is 17.2 Å². The summed E-state index contributed by atoms with van der Waals surface area (Å²) in [5.74, 6) is -1.30. The second kappa shape index (κ2) is 8.13. The van der Waals surface area contributed by atoms with E-state index in [9.17, 15) is 22.4 Å². The van der Waals surface area contributed by atoms with Gasteiger partial charge in [-0.3, -0.25) is 4.79 Å². The Morgan fingerprint density at radius 1 is 1.12 bits per heavy atom. The molecule has 11 heteroatoms. The molecular formula is C22H20F4N6O. The minimum atomic E-state index is -4.67. The highest BCUT2D eigenvalue weighted by Gasteiger charge is 2.44. The number of piperidine rings is 2. The van der Waals surface area contributed by atoms with E-state index in [-0.39, 0.29) is 29.7 Å². The van der Waals surface area contributed by atoms with E-state index in [2.05, 4.69) is 20.5 Å². The Hall–Kier alpha value is -3.50. The van der Waals surface area contributed by atoms with Crippen LogP contribution in [0.4, 0.5) is 23.4 Å². The molecule has 7 nitrogen and oxygen atoms in total. The van der Waals surface area contributed by atoms with Crippen LogP contribution in [0.25, 0.3) is 5.69 Å². The third-order valence-electron chi connectivity index (χ3n) is 6.30. The minimum Gasteiger partial charge on any atom is -0.363 e. The molecule has 3 atom stereocenters. The molecule has 1 aliphatic carbocycles. The average molecular weight is 460 g/mol. The van der Waals surface area contributed by atoms with Crippen molar-refractivity contribution in [3.05, 3.63) is 65.9 Å². The number of rotatable bonds is 4. The number of nitrogens with one attached hydrogen (secondary N) is 1. The first-order valence-corrected chi connectivity index (χ1v) is 10.6. The van der Waals surface area contributed by atoms with Gasteiger partial charge in [-0.05, 0) is 43.4 Å². The third-order valence-corrected chi connectivity index (χ3v) is 6.30. The number of fused-ring (bicyclic) bond motifs is 3. The van der Waals surface area contributed by atoms with Gasteiger partial charge in [0.2, 0.25) is 0 Å². The van der Waals surface area contributed by atoms with Crippen molar-refractivity contribution in [2.24, 2.45) is 5.92 Å². The zero-order valence-corrected chi connectivity index (χ0v) is 17.3. The Morgan fingerprint density at radius 2 is 1.88 bits per heavy atom. The van der Waals surface area contributed by atoms with Crippen LogP contribution in [0.15, 0.2) is 48.9 Å². The predicted molar refractivity (Wildman–Crippen MR) is 110 cm³/mol. The van der Waals surface area contributed by atoms with Crippen molar-refractivity contribution in [2.45, 2.75) is 37.5 Å². The summed E-state index contributed by atoms with van der Waals surface area (Å²) in [6.45, 7) is 0.561. The van der Waals surface area contributed by atoms with E-state index in [1.807, 2.05) is 0 Å². The number of alkyl halides is 3. The highest BCUT2D eigenvalue weighted by molar-refractivity contribution is 5.98. The van der Waals surface area contributed by atoms with Crippen molar-refractivity contribution in [2.75, 3.05) is 11.9 Å². The van der Waals surface area contributed by atoms with E-state index < -0.39 is 17.6 Å². The van der Waals surface area contributed by atoms with Crippen LogP contribution in [0.3, 0.4) is 0 Å². The molecule has 1 aromatic carbocycles. The van der Waals surface area contributed by atoms with Crippen LogP contribution in [0, 0.1) is 11.7 Å². The molecule has 4 heterocycles. The number of pyridine rings is 1. The molecule has 1 amide bonds.